The molecule has 0 aliphatic rings. The van der Waals surface area contributed by atoms with E-state index in [0.717, 1.165) is 5.56 Å². The molecule has 1 heterocycles. The Hall–Kier alpha value is -5.69. The Morgan fingerprint density at radius 2 is 1.45 bits per heavy atom. The quantitative estimate of drug-likeness (QED) is 0.123. The van der Waals surface area contributed by atoms with Crippen molar-refractivity contribution in [3.8, 4) is 5.75 Å². The number of amides is 4. The van der Waals surface area contributed by atoms with E-state index >= 15 is 0 Å². The van der Waals surface area contributed by atoms with Crippen LogP contribution in [-0.4, -0.2) is 70.3 Å². The Morgan fingerprint density at radius 3 is 2.10 bits per heavy atom. The second-order valence-corrected chi connectivity index (χ2v) is 13.2. The highest BCUT2D eigenvalue weighted by atomic mass is 16.6. The first-order valence-electron chi connectivity index (χ1n) is 16.6. The van der Waals surface area contributed by atoms with Gasteiger partial charge in [-0.1, -0.05) is 78.9 Å². The van der Waals surface area contributed by atoms with Crippen LogP contribution in [0.15, 0.2) is 104 Å². The van der Waals surface area contributed by atoms with Crippen molar-refractivity contribution in [2.45, 2.75) is 64.4 Å². The lowest BCUT2D eigenvalue weighted by molar-refractivity contribution is -0.131. The lowest BCUT2D eigenvalue weighted by atomic mass is 10.0. The third-order valence-corrected chi connectivity index (χ3v) is 7.33. The molecule has 4 rings (SSSR count). The van der Waals surface area contributed by atoms with Gasteiger partial charge in [0.1, 0.15) is 35.6 Å². The molecule has 2 atom stereocenters. The normalized spacial score (nSPS) is 12.6. The third kappa shape index (κ3) is 12.3. The Kier molecular flexibility index (Phi) is 13.3. The van der Waals surface area contributed by atoms with Gasteiger partial charge in [0.05, 0.1) is 26.1 Å². The molecule has 0 aliphatic carbocycles. The second kappa shape index (κ2) is 17.8. The minimum absolute atomic E-state index is 0.148. The number of imidazole rings is 1. The highest BCUT2D eigenvalue weighted by molar-refractivity contribution is 5.98. The highest BCUT2D eigenvalue weighted by Gasteiger charge is 2.35. The summed E-state index contributed by atoms with van der Waals surface area (Å²) < 4.78 is 18.4. The van der Waals surface area contributed by atoms with E-state index in [4.69, 9.17) is 14.2 Å². The topological polar surface area (TPSA) is 162 Å². The molecule has 0 aliphatic heterocycles. The van der Waals surface area contributed by atoms with E-state index in [1.807, 2.05) is 91.0 Å². The van der Waals surface area contributed by atoms with Crippen LogP contribution in [0.5, 0.6) is 5.75 Å². The number of hydrogen-bond acceptors (Lipinski definition) is 8. The zero-order valence-corrected chi connectivity index (χ0v) is 29.6. The fraction of sp³-hybridized carbons (Fsp3) is 0.342. The molecule has 3 aromatic carbocycles. The standard InChI is InChI=1S/C38H46N6O7/c1-37(2,3)51-36(48)43-38(4,5)35(47)41-30(25-49-24-27-15-9-6-10-16-27)33(45)42-31-23-44(26-40-31)32(28-17-11-7-12-18-28)34(46)39-21-22-50-29-19-13-8-14-20-29/h6-20,23,26,30,32H,21-22,24-25H2,1-5H3,(H,39,46)(H,41,47)(H,42,45)(H,43,48). The van der Waals surface area contributed by atoms with Gasteiger partial charge in [0.2, 0.25) is 11.8 Å². The van der Waals surface area contributed by atoms with E-state index in [1.54, 1.807) is 25.3 Å². The number of anilines is 1. The molecule has 1 aromatic heterocycles. The Balaban J connectivity index is 1.45. The number of aromatic nitrogens is 2. The molecule has 4 N–H and O–H groups in total. The van der Waals surface area contributed by atoms with Crippen molar-refractivity contribution < 1.29 is 33.4 Å². The molecule has 51 heavy (non-hydrogen) atoms. The smallest absolute Gasteiger partial charge is 0.408 e. The maximum Gasteiger partial charge on any atom is 0.408 e. The van der Waals surface area contributed by atoms with Crippen LogP contribution in [0.4, 0.5) is 10.6 Å². The van der Waals surface area contributed by atoms with E-state index in [1.165, 1.54) is 26.4 Å². The lowest BCUT2D eigenvalue weighted by Crippen LogP contribution is -2.59. The van der Waals surface area contributed by atoms with Gasteiger partial charge in [-0.3, -0.25) is 14.4 Å². The average molecular weight is 699 g/mol. The first-order chi connectivity index (χ1) is 24.3. The van der Waals surface area contributed by atoms with Crippen LogP contribution in [0, 0.1) is 0 Å². The largest absolute Gasteiger partial charge is 0.492 e. The van der Waals surface area contributed by atoms with E-state index < -0.39 is 41.1 Å². The van der Waals surface area contributed by atoms with Gasteiger partial charge in [-0.25, -0.2) is 9.78 Å². The van der Waals surface area contributed by atoms with Crippen molar-refractivity contribution in [2.75, 3.05) is 25.1 Å². The van der Waals surface area contributed by atoms with Crippen molar-refractivity contribution in [1.29, 1.82) is 0 Å². The number of carbonyl (C=O) groups excluding carboxylic acids is 4. The number of carbonyl (C=O) groups is 4. The molecule has 0 fully saturated rings. The zero-order valence-electron chi connectivity index (χ0n) is 29.6. The number of benzene rings is 3. The van der Waals surface area contributed by atoms with Crippen molar-refractivity contribution in [3.63, 3.8) is 0 Å². The maximum absolute atomic E-state index is 13.6. The molecular formula is C38H46N6O7. The fourth-order valence-electron chi connectivity index (χ4n) is 4.81. The summed E-state index contributed by atoms with van der Waals surface area (Å²) in [4.78, 5) is 57.3. The Morgan fingerprint density at radius 1 is 0.824 bits per heavy atom. The fourth-order valence-corrected chi connectivity index (χ4v) is 4.81. The van der Waals surface area contributed by atoms with Gasteiger partial charge in [0.25, 0.3) is 5.91 Å². The summed E-state index contributed by atoms with van der Waals surface area (Å²) in [7, 11) is 0. The van der Waals surface area contributed by atoms with Gasteiger partial charge in [-0.15, -0.1) is 0 Å². The van der Waals surface area contributed by atoms with Crippen LogP contribution < -0.4 is 26.0 Å². The summed E-state index contributed by atoms with van der Waals surface area (Å²) in [5.74, 6) is -0.709. The van der Waals surface area contributed by atoms with Gasteiger partial charge in [0, 0.05) is 6.20 Å². The van der Waals surface area contributed by atoms with Gasteiger partial charge in [-0.05, 0) is 57.9 Å². The first kappa shape index (κ1) is 38.1. The summed E-state index contributed by atoms with van der Waals surface area (Å²) in [5.41, 5.74) is -0.631. The lowest BCUT2D eigenvalue weighted by Gasteiger charge is -2.29. The molecule has 0 bridgehead atoms. The Labute approximate surface area is 298 Å². The molecule has 13 nitrogen and oxygen atoms in total. The molecule has 270 valence electrons. The van der Waals surface area contributed by atoms with Crippen LogP contribution in [0.2, 0.25) is 0 Å². The SMILES string of the molecule is CC(C)(C)OC(=O)NC(C)(C)C(=O)NC(COCc1ccccc1)C(=O)Nc1cn(C(C(=O)NCCOc2ccccc2)c2ccccc2)cn1. The van der Waals surface area contributed by atoms with Gasteiger partial charge >= 0.3 is 6.09 Å². The van der Waals surface area contributed by atoms with E-state index in [2.05, 4.69) is 26.3 Å². The highest BCUT2D eigenvalue weighted by Crippen LogP contribution is 2.21. The number of ether oxygens (including phenoxy) is 3. The molecular weight excluding hydrogens is 652 g/mol. The predicted octanol–water partition coefficient (Wildman–Crippen LogP) is 4.61. The summed E-state index contributed by atoms with van der Waals surface area (Å²) in [6.07, 6.45) is 2.20. The monoisotopic (exact) mass is 698 g/mol. The summed E-state index contributed by atoms with van der Waals surface area (Å²) in [5, 5.41) is 10.9. The second-order valence-electron chi connectivity index (χ2n) is 13.2. The maximum atomic E-state index is 13.6. The third-order valence-electron chi connectivity index (χ3n) is 7.33. The predicted molar refractivity (Wildman–Crippen MR) is 192 cm³/mol. The molecule has 0 radical (unpaired) electrons. The molecule has 2 unspecified atom stereocenters. The molecule has 4 amide bonds. The van der Waals surface area contributed by atoms with Crippen molar-refractivity contribution >= 4 is 29.6 Å². The molecule has 0 saturated heterocycles. The van der Waals surface area contributed by atoms with Crippen molar-refractivity contribution in [1.82, 2.24) is 25.5 Å². The van der Waals surface area contributed by atoms with Crippen molar-refractivity contribution in [2.24, 2.45) is 0 Å². The molecule has 0 saturated carbocycles. The minimum Gasteiger partial charge on any atom is -0.492 e. The van der Waals surface area contributed by atoms with Gasteiger partial charge in [-0.2, -0.15) is 0 Å². The van der Waals surface area contributed by atoms with Crippen LogP contribution >= 0.6 is 0 Å². The number of nitrogens with one attached hydrogen (secondary N) is 4. The number of nitrogens with zero attached hydrogens (tertiary/aromatic N) is 2. The van der Waals surface area contributed by atoms with E-state index in [9.17, 15) is 19.2 Å². The number of rotatable bonds is 16. The summed E-state index contributed by atoms with van der Waals surface area (Å²) in [6.45, 7) is 8.67. The molecule has 0 spiro atoms. The molecule has 4 aromatic rings. The van der Waals surface area contributed by atoms with Crippen LogP contribution in [0.3, 0.4) is 0 Å². The Bertz CT molecular complexity index is 1720. The van der Waals surface area contributed by atoms with Gasteiger partial charge < -0.3 is 40.0 Å². The van der Waals surface area contributed by atoms with Crippen LogP contribution in [0.1, 0.15) is 51.8 Å². The summed E-state index contributed by atoms with van der Waals surface area (Å²) >= 11 is 0. The minimum atomic E-state index is -1.44. The zero-order chi connectivity index (χ0) is 36.9. The number of hydrogen-bond donors (Lipinski definition) is 4. The van der Waals surface area contributed by atoms with Crippen molar-refractivity contribution in [3.05, 3.63) is 115 Å². The average Bonchev–Trinajstić information content (AvgIpc) is 3.54. The number of alkyl carbamates (subject to hydrolysis) is 1. The summed E-state index contributed by atoms with van der Waals surface area (Å²) in [6, 6.07) is 25.9. The van der Waals surface area contributed by atoms with Crippen LogP contribution in [0.25, 0.3) is 0 Å². The molecule has 13 heteroatoms. The van der Waals surface area contributed by atoms with E-state index in [0.29, 0.717) is 11.3 Å². The van der Waals surface area contributed by atoms with E-state index in [-0.39, 0.29) is 38.1 Å². The number of para-hydroxylation sites is 1. The van der Waals surface area contributed by atoms with Crippen LogP contribution in [-0.2, 0) is 30.5 Å². The first-order valence-corrected chi connectivity index (χ1v) is 16.6. The van der Waals surface area contributed by atoms with Gasteiger partial charge in [0.15, 0.2) is 5.82 Å².